The summed E-state index contributed by atoms with van der Waals surface area (Å²) in [6.45, 7) is 4.23. The van der Waals surface area contributed by atoms with Crippen LogP contribution in [0.5, 0.6) is 0 Å². The van der Waals surface area contributed by atoms with Crippen molar-refractivity contribution in [3.8, 4) is 0 Å². The Labute approximate surface area is 175 Å². The van der Waals surface area contributed by atoms with E-state index in [1.165, 1.54) is 0 Å². The molecule has 10 heteroatoms. The van der Waals surface area contributed by atoms with Crippen molar-refractivity contribution in [2.45, 2.75) is 51.4 Å². The number of nitrogens with zero attached hydrogens (tertiary/aromatic N) is 5. The van der Waals surface area contributed by atoms with E-state index in [0.29, 0.717) is 45.8 Å². The summed E-state index contributed by atoms with van der Waals surface area (Å²) < 4.78 is 53.9. The number of rotatable bonds is 3. The molecule has 1 aliphatic heterocycles. The van der Waals surface area contributed by atoms with E-state index < -0.39 is 11.7 Å². The number of fused-ring (bicyclic) bond motifs is 3. The Morgan fingerprint density at radius 2 is 2.06 bits per heavy atom. The highest BCUT2D eigenvalue weighted by atomic mass is 19.4. The first kappa shape index (κ1) is 19.9. The standard InChI is InChI=1S/C21H20F3N5O2/c1-11-5-15(3-4-30-11)29-10-26-17-9-25-19-13(7-18-27-12(2)31-28-18)6-14(21(22,23)24)8-16(19)20(17)29/h6,8-11,15H,3-5,7H2,1-2H3/t11-,15-/m1/s1. The van der Waals surface area contributed by atoms with Gasteiger partial charge in [-0.3, -0.25) is 4.98 Å². The van der Waals surface area contributed by atoms with Gasteiger partial charge in [-0.25, -0.2) is 4.98 Å². The molecule has 31 heavy (non-hydrogen) atoms. The van der Waals surface area contributed by atoms with Gasteiger partial charge in [-0.05, 0) is 37.5 Å². The molecule has 0 aliphatic carbocycles. The lowest BCUT2D eigenvalue weighted by molar-refractivity contribution is -0.137. The molecule has 0 unspecified atom stereocenters. The summed E-state index contributed by atoms with van der Waals surface area (Å²) in [6, 6.07) is 2.37. The Bertz CT molecular complexity index is 1260. The number of hydrogen-bond donors (Lipinski definition) is 0. The first-order chi connectivity index (χ1) is 14.8. The highest BCUT2D eigenvalue weighted by Gasteiger charge is 2.32. The second kappa shape index (κ2) is 7.30. The minimum absolute atomic E-state index is 0.0760. The third kappa shape index (κ3) is 3.65. The number of ether oxygens (including phenoxy) is 1. The number of aromatic nitrogens is 5. The predicted octanol–water partition coefficient (Wildman–Crippen LogP) is 4.63. The first-order valence-corrected chi connectivity index (χ1v) is 10.1. The molecule has 1 fully saturated rings. The average molecular weight is 431 g/mol. The van der Waals surface area contributed by atoms with Crippen LogP contribution in [0.15, 0.2) is 29.2 Å². The third-order valence-electron chi connectivity index (χ3n) is 5.68. The maximum atomic E-state index is 13.8. The lowest BCUT2D eigenvalue weighted by Gasteiger charge is -2.29. The van der Waals surface area contributed by atoms with Crippen molar-refractivity contribution in [2.75, 3.05) is 6.61 Å². The van der Waals surface area contributed by atoms with E-state index in [-0.39, 0.29) is 18.6 Å². The van der Waals surface area contributed by atoms with Crippen molar-refractivity contribution in [2.24, 2.45) is 0 Å². The van der Waals surface area contributed by atoms with Crippen LogP contribution in [0, 0.1) is 6.92 Å². The number of pyridine rings is 1. The van der Waals surface area contributed by atoms with Gasteiger partial charge in [-0.2, -0.15) is 18.2 Å². The molecule has 1 aliphatic rings. The fourth-order valence-electron chi connectivity index (χ4n) is 4.29. The third-order valence-corrected chi connectivity index (χ3v) is 5.68. The molecule has 0 N–H and O–H groups in total. The fourth-order valence-corrected chi connectivity index (χ4v) is 4.29. The second-order valence-electron chi connectivity index (χ2n) is 7.94. The van der Waals surface area contributed by atoms with Crippen molar-refractivity contribution in [1.29, 1.82) is 0 Å². The maximum absolute atomic E-state index is 13.8. The Hall–Kier alpha value is -3.01. The maximum Gasteiger partial charge on any atom is 0.416 e. The van der Waals surface area contributed by atoms with Crippen molar-refractivity contribution in [1.82, 2.24) is 24.7 Å². The molecule has 0 amide bonds. The second-order valence-corrected chi connectivity index (χ2v) is 7.94. The van der Waals surface area contributed by atoms with Gasteiger partial charge < -0.3 is 13.8 Å². The van der Waals surface area contributed by atoms with E-state index in [0.717, 1.165) is 25.0 Å². The largest absolute Gasteiger partial charge is 0.416 e. The smallest absolute Gasteiger partial charge is 0.378 e. The van der Waals surface area contributed by atoms with Crippen LogP contribution in [-0.2, 0) is 17.3 Å². The first-order valence-electron chi connectivity index (χ1n) is 10.1. The van der Waals surface area contributed by atoms with Crippen LogP contribution in [0.1, 0.15) is 48.6 Å². The zero-order valence-electron chi connectivity index (χ0n) is 17.0. The summed E-state index contributed by atoms with van der Waals surface area (Å²) in [4.78, 5) is 13.0. The Kier molecular flexibility index (Phi) is 4.69. The van der Waals surface area contributed by atoms with Crippen LogP contribution in [0.25, 0.3) is 21.9 Å². The molecule has 0 bridgehead atoms. The molecular formula is C21H20F3N5O2. The molecule has 0 saturated carbocycles. The van der Waals surface area contributed by atoms with E-state index >= 15 is 0 Å². The van der Waals surface area contributed by atoms with Gasteiger partial charge in [-0.1, -0.05) is 5.16 Å². The molecule has 162 valence electrons. The lowest BCUT2D eigenvalue weighted by Crippen LogP contribution is -2.25. The quantitative estimate of drug-likeness (QED) is 0.471. The average Bonchev–Trinajstić information content (AvgIpc) is 3.33. The monoisotopic (exact) mass is 431 g/mol. The highest BCUT2D eigenvalue weighted by molar-refractivity contribution is 6.03. The van der Waals surface area contributed by atoms with Crippen molar-refractivity contribution in [3.05, 3.63) is 47.5 Å². The van der Waals surface area contributed by atoms with E-state index in [1.807, 2.05) is 11.5 Å². The molecule has 5 rings (SSSR count). The van der Waals surface area contributed by atoms with Gasteiger partial charge in [0.2, 0.25) is 5.89 Å². The zero-order chi connectivity index (χ0) is 21.8. The summed E-state index contributed by atoms with van der Waals surface area (Å²) in [5.41, 5.74) is 1.34. The Morgan fingerprint density at radius 3 is 2.77 bits per heavy atom. The van der Waals surface area contributed by atoms with Crippen LogP contribution in [0.2, 0.25) is 0 Å². The molecule has 2 atom stereocenters. The summed E-state index contributed by atoms with van der Waals surface area (Å²) in [6.07, 6.45) is 0.491. The van der Waals surface area contributed by atoms with Gasteiger partial charge in [-0.15, -0.1) is 0 Å². The summed E-state index contributed by atoms with van der Waals surface area (Å²) in [7, 11) is 0. The van der Waals surface area contributed by atoms with E-state index in [2.05, 4.69) is 20.1 Å². The van der Waals surface area contributed by atoms with Crippen molar-refractivity contribution < 1.29 is 22.4 Å². The van der Waals surface area contributed by atoms with Crippen LogP contribution >= 0.6 is 0 Å². The van der Waals surface area contributed by atoms with Gasteiger partial charge in [0.15, 0.2) is 5.82 Å². The predicted molar refractivity (Wildman–Crippen MR) is 106 cm³/mol. The van der Waals surface area contributed by atoms with Crippen molar-refractivity contribution in [3.63, 3.8) is 0 Å². The lowest BCUT2D eigenvalue weighted by atomic mass is 10.00. The Morgan fingerprint density at radius 1 is 1.23 bits per heavy atom. The molecule has 4 heterocycles. The Balaban J connectivity index is 1.73. The summed E-state index contributed by atoms with van der Waals surface area (Å²) in [5, 5.41) is 4.25. The minimum atomic E-state index is -4.50. The van der Waals surface area contributed by atoms with Gasteiger partial charge in [0.25, 0.3) is 0 Å². The number of hydrogen-bond acceptors (Lipinski definition) is 6. The molecule has 1 saturated heterocycles. The highest BCUT2D eigenvalue weighted by Crippen LogP contribution is 2.37. The SMILES string of the molecule is Cc1nc(Cc2cc(C(F)(F)F)cc3c2ncc2ncn([C@@H]4CCO[C@H](C)C4)c23)no1. The fraction of sp³-hybridized carbons (Fsp3) is 0.429. The minimum Gasteiger partial charge on any atom is -0.378 e. The molecular weight excluding hydrogens is 411 g/mol. The van der Waals surface area contributed by atoms with Crippen molar-refractivity contribution >= 4 is 21.9 Å². The summed E-state index contributed by atoms with van der Waals surface area (Å²) >= 11 is 0. The molecule has 3 aromatic heterocycles. The number of aryl methyl sites for hydroxylation is 1. The summed E-state index contributed by atoms with van der Waals surface area (Å²) in [5.74, 6) is 0.667. The normalized spacial score (nSPS) is 20.0. The molecule has 4 aromatic rings. The van der Waals surface area contributed by atoms with E-state index in [9.17, 15) is 13.2 Å². The van der Waals surface area contributed by atoms with Crippen LogP contribution < -0.4 is 0 Å². The van der Waals surface area contributed by atoms with Crippen LogP contribution in [0.4, 0.5) is 13.2 Å². The molecule has 7 nitrogen and oxygen atoms in total. The molecule has 0 radical (unpaired) electrons. The zero-order valence-corrected chi connectivity index (χ0v) is 17.0. The van der Waals surface area contributed by atoms with Gasteiger partial charge in [0, 0.05) is 31.4 Å². The van der Waals surface area contributed by atoms with E-state index in [1.54, 1.807) is 19.4 Å². The topological polar surface area (TPSA) is 78.9 Å². The van der Waals surface area contributed by atoms with Gasteiger partial charge in [0.05, 0.1) is 35.2 Å². The van der Waals surface area contributed by atoms with Gasteiger partial charge in [0.1, 0.15) is 5.52 Å². The molecule has 1 aromatic carbocycles. The molecule has 0 spiro atoms. The number of halogens is 3. The van der Waals surface area contributed by atoms with E-state index in [4.69, 9.17) is 9.26 Å². The number of benzene rings is 1. The van der Waals surface area contributed by atoms with Crippen LogP contribution in [-0.4, -0.2) is 37.4 Å². The van der Waals surface area contributed by atoms with Crippen LogP contribution in [0.3, 0.4) is 0 Å². The number of imidazole rings is 1. The van der Waals surface area contributed by atoms with Gasteiger partial charge >= 0.3 is 6.18 Å². The number of alkyl halides is 3.